The molecule has 124 valence electrons. The van der Waals surface area contributed by atoms with Crippen molar-refractivity contribution in [1.82, 2.24) is 9.58 Å². The first-order valence-corrected chi connectivity index (χ1v) is 8.25. The number of piperazine rings is 1. The van der Waals surface area contributed by atoms with E-state index < -0.39 is 0 Å². The number of methoxy groups -OCH3 is 1. The molecule has 1 aromatic carbocycles. The maximum absolute atomic E-state index is 12.0. The maximum Gasteiger partial charge on any atom is 0.329 e. The summed E-state index contributed by atoms with van der Waals surface area (Å²) in [5.74, 6) is 7.31. The molecule has 0 radical (unpaired) electrons. The fourth-order valence-corrected chi connectivity index (χ4v) is 3.46. The molecule has 2 heterocycles. The van der Waals surface area contributed by atoms with Crippen molar-refractivity contribution in [3.63, 3.8) is 0 Å². The summed E-state index contributed by atoms with van der Waals surface area (Å²) in [5.41, 5.74) is 0.830. The Morgan fingerprint density at radius 2 is 2.00 bits per heavy atom. The van der Waals surface area contributed by atoms with Crippen LogP contribution in [-0.4, -0.2) is 49.9 Å². The third-order valence-corrected chi connectivity index (χ3v) is 4.96. The van der Waals surface area contributed by atoms with Crippen LogP contribution in [0.1, 0.15) is 0 Å². The molecule has 1 saturated heterocycles. The van der Waals surface area contributed by atoms with Gasteiger partial charge in [-0.3, -0.25) is 4.79 Å². The molecule has 8 heteroatoms. The number of aromatic nitrogens is 1. The van der Waals surface area contributed by atoms with Crippen LogP contribution >= 0.6 is 11.3 Å². The minimum Gasteiger partial charge on any atom is -0.497 e. The first-order valence-electron chi connectivity index (χ1n) is 7.44. The summed E-state index contributed by atoms with van der Waals surface area (Å²) >= 11 is 1.17. The Morgan fingerprint density at radius 3 is 2.70 bits per heavy atom. The third-order valence-electron chi connectivity index (χ3n) is 3.95. The van der Waals surface area contributed by atoms with Crippen molar-refractivity contribution in [3.8, 4) is 5.75 Å². The van der Waals surface area contributed by atoms with Gasteiger partial charge in [0.25, 0.3) is 0 Å². The lowest BCUT2D eigenvalue weighted by Crippen LogP contribution is -2.44. The van der Waals surface area contributed by atoms with Gasteiger partial charge in [-0.25, -0.2) is 0 Å². The number of nitrogens with two attached hydrogens (primary N) is 1. The van der Waals surface area contributed by atoms with Crippen molar-refractivity contribution in [2.24, 2.45) is 0 Å². The van der Waals surface area contributed by atoms with Gasteiger partial charge in [0, 0.05) is 37.9 Å². The first kappa shape index (κ1) is 15.7. The molecule has 2 aromatic rings. The topological polar surface area (TPSA) is 75.8 Å². The quantitative estimate of drug-likeness (QED) is 0.816. The number of thiazole rings is 1. The zero-order valence-electron chi connectivity index (χ0n) is 13.3. The number of hydrogen-bond donors (Lipinski definition) is 2. The van der Waals surface area contributed by atoms with Crippen molar-refractivity contribution < 1.29 is 4.74 Å². The highest BCUT2D eigenvalue weighted by molar-refractivity contribution is 7.14. The highest BCUT2D eigenvalue weighted by Gasteiger charge is 2.22. The lowest BCUT2D eigenvalue weighted by molar-refractivity contribution is 0.313. The number of likely N-dealkylation sites (N-methyl/N-ethyl adjacent to an activating group) is 1. The summed E-state index contributed by atoms with van der Waals surface area (Å²) < 4.78 is 6.41. The summed E-state index contributed by atoms with van der Waals surface area (Å²) in [6.45, 7) is 3.69. The smallest absolute Gasteiger partial charge is 0.329 e. The van der Waals surface area contributed by atoms with Gasteiger partial charge in [0.05, 0.1) is 7.11 Å². The lowest BCUT2D eigenvalue weighted by Gasteiger charge is -2.33. The molecule has 7 nitrogen and oxygen atoms in total. The van der Waals surface area contributed by atoms with Crippen molar-refractivity contribution >= 4 is 27.8 Å². The van der Waals surface area contributed by atoms with Gasteiger partial charge in [-0.1, -0.05) is 17.4 Å². The van der Waals surface area contributed by atoms with Crippen LogP contribution in [0.25, 0.3) is 0 Å². The first-order chi connectivity index (χ1) is 11.1. The number of hydrogen-bond acceptors (Lipinski definition) is 7. The van der Waals surface area contributed by atoms with Crippen LogP contribution in [0.4, 0.5) is 16.5 Å². The molecule has 0 saturated carbocycles. The molecule has 1 aliphatic heterocycles. The lowest BCUT2D eigenvalue weighted by atomic mass is 10.3. The normalized spacial score (nSPS) is 15.7. The van der Waals surface area contributed by atoms with E-state index in [4.69, 9.17) is 10.6 Å². The molecule has 0 atom stereocenters. The van der Waals surface area contributed by atoms with Crippen molar-refractivity contribution in [3.05, 3.63) is 33.9 Å². The number of nitrogen functional groups attached to an aromatic ring is 1. The Balaban J connectivity index is 1.90. The molecule has 0 aliphatic carbocycles. The summed E-state index contributed by atoms with van der Waals surface area (Å²) in [4.78, 5) is 16.3. The third kappa shape index (κ3) is 3.27. The Hall–Kier alpha value is -2.19. The van der Waals surface area contributed by atoms with E-state index in [9.17, 15) is 4.79 Å². The number of nitrogens with zero attached hydrogens (tertiary/aromatic N) is 3. The van der Waals surface area contributed by atoms with Crippen molar-refractivity contribution in [1.29, 1.82) is 0 Å². The van der Waals surface area contributed by atoms with Crippen molar-refractivity contribution in [2.45, 2.75) is 0 Å². The van der Waals surface area contributed by atoms with Gasteiger partial charge in [0.2, 0.25) is 0 Å². The SMILES string of the molecule is COc1cccc(Nc2c(N3CCN(C)CC3)sc(=O)n2N)c1. The number of ether oxygens (including phenoxy) is 1. The largest absolute Gasteiger partial charge is 0.497 e. The van der Waals surface area contributed by atoms with Gasteiger partial charge in [-0.2, -0.15) is 4.68 Å². The van der Waals surface area contributed by atoms with Gasteiger partial charge >= 0.3 is 4.87 Å². The predicted octanol–water partition coefficient (Wildman–Crippen LogP) is 1.13. The average Bonchev–Trinajstić information content (AvgIpc) is 2.84. The van der Waals surface area contributed by atoms with Gasteiger partial charge in [-0.05, 0) is 19.2 Å². The van der Waals surface area contributed by atoms with E-state index in [2.05, 4.69) is 22.2 Å². The second-order valence-electron chi connectivity index (χ2n) is 5.54. The Labute approximate surface area is 138 Å². The Kier molecular flexibility index (Phi) is 4.44. The monoisotopic (exact) mass is 335 g/mol. The predicted molar refractivity (Wildman–Crippen MR) is 94.7 cm³/mol. The molecule has 0 spiro atoms. The standard InChI is InChI=1S/C15H21N5O2S/c1-18-6-8-19(9-7-18)14-13(20(16)15(21)23-14)17-11-4-3-5-12(10-11)22-2/h3-5,10,17H,6-9,16H2,1-2H3. The summed E-state index contributed by atoms with van der Waals surface area (Å²) in [6, 6.07) is 7.55. The minimum absolute atomic E-state index is 0.177. The second kappa shape index (κ2) is 6.51. The summed E-state index contributed by atoms with van der Waals surface area (Å²) in [6.07, 6.45) is 0. The van der Waals surface area contributed by atoms with Gasteiger partial charge in [-0.15, -0.1) is 0 Å². The molecule has 1 fully saturated rings. The van der Waals surface area contributed by atoms with E-state index in [1.165, 1.54) is 16.0 Å². The molecule has 0 unspecified atom stereocenters. The molecular weight excluding hydrogens is 314 g/mol. The Morgan fingerprint density at radius 1 is 1.26 bits per heavy atom. The number of benzene rings is 1. The number of rotatable bonds is 4. The molecule has 0 bridgehead atoms. The van der Waals surface area contributed by atoms with Gasteiger partial charge in [0.1, 0.15) is 10.8 Å². The zero-order valence-corrected chi connectivity index (χ0v) is 14.1. The zero-order chi connectivity index (χ0) is 16.4. The fraction of sp³-hybridized carbons (Fsp3) is 0.400. The number of anilines is 3. The van der Waals surface area contributed by atoms with Crippen molar-refractivity contribution in [2.75, 3.05) is 56.4 Å². The van der Waals surface area contributed by atoms with E-state index in [1.54, 1.807) is 7.11 Å². The van der Waals surface area contributed by atoms with Crippen LogP contribution in [0.15, 0.2) is 29.1 Å². The highest BCUT2D eigenvalue weighted by atomic mass is 32.1. The summed E-state index contributed by atoms with van der Waals surface area (Å²) in [5, 5.41) is 4.14. The highest BCUT2D eigenvalue weighted by Crippen LogP contribution is 2.32. The van der Waals surface area contributed by atoms with Crippen LogP contribution in [0.3, 0.4) is 0 Å². The Bertz CT molecular complexity index is 734. The van der Waals surface area contributed by atoms with Crippen LogP contribution in [-0.2, 0) is 0 Å². The molecule has 1 aromatic heterocycles. The van der Waals surface area contributed by atoms with Crippen LogP contribution in [0.5, 0.6) is 5.75 Å². The van der Waals surface area contributed by atoms with E-state index in [0.29, 0.717) is 5.82 Å². The van der Waals surface area contributed by atoms with E-state index in [-0.39, 0.29) is 4.87 Å². The van der Waals surface area contributed by atoms with Crippen LogP contribution in [0.2, 0.25) is 0 Å². The fourth-order valence-electron chi connectivity index (χ4n) is 2.55. The molecular formula is C15H21N5O2S. The molecule has 0 amide bonds. The second-order valence-corrected chi connectivity index (χ2v) is 6.48. The van der Waals surface area contributed by atoms with E-state index >= 15 is 0 Å². The minimum atomic E-state index is -0.177. The van der Waals surface area contributed by atoms with Gasteiger partial charge in [0.15, 0.2) is 5.82 Å². The van der Waals surface area contributed by atoms with Crippen LogP contribution < -0.4 is 25.7 Å². The molecule has 3 N–H and O–H groups in total. The van der Waals surface area contributed by atoms with E-state index in [1.807, 2.05) is 24.3 Å². The average molecular weight is 335 g/mol. The molecule has 23 heavy (non-hydrogen) atoms. The molecule has 1 aliphatic rings. The molecule has 3 rings (SSSR count). The van der Waals surface area contributed by atoms with Gasteiger partial charge < -0.3 is 25.7 Å². The maximum atomic E-state index is 12.0. The van der Waals surface area contributed by atoms with E-state index in [0.717, 1.165) is 42.6 Å². The number of nitrogens with one attached hydrogen (secondary N) is 1. The summed E-state index contributed by atoms with van der Waals surface area (Å²) in [7, 11) is 3.72. The van der Waals surface area contributed by atoms with Crippen LogP contribution in [0, 0.1) is 0 Å².